The van der Waals surface area contributed by atoms with E-state index in [-0.39, 0.29) is 0 Å². The summed E-state index contributed by atoms with van der Waals surface area (Å²) in [6.07, 6.45) is 1.96. The molecule has 5 heteroatoms. The van der Waals surface area contributed by atoms with Crippen molar-refractivity contribution < 1.29 is 8.78 Å². The molecule has 0 bridgehead atoms. The van der Waals surface area contributed by atoms with Crippen LogP contribution in [0, 0.1) is 11.6 Å². The normalized spacial score (nSPS) is 13.1. The highest BCUT2D eigenvalue weighted by atomic mass is 79.9. The number of nitrogens with zero attached hydrogens (tertiary/aromatic N) is 1. The summed E-state index contributed by atoms with van der Waals surface area (Å²) in [6.45, 7) is 13.3. The molecule has 0 saturated heterocycles. The molecule has 0 amide bonds. The number of fused-ring (bicyclic) bond motifs is 1. The second-order valence-corrected chi connectivity index (χ2v) is 13.5. The van der Waals surface area contributed by atoms with E-state index in [9.17, 15) is 8.78 Å². The first-order valence-corrected chi connectivity index (χ1v) is 10.8. The molecule has 0 radical (unpaired) electrons. The van der Waals surface area contributed by atoms with Gasteiger partial charge in [-0.05, 0) is 50.9 Å². The molecule has 1 heterocycles. The summed E-state index contributed by atoms with van der Waals surface area (Å²) in [7, 11) is -2.10. The van der Waals surface area contributed by atoms with Gasteiger partial charge in [-0.3, -0.25) is 0 Å². The zero-order valence-corrected chi connectivity index (χ0v) is 16.6. The Bertz CT molecular complexity index is 670. The molecule has 2 aromatic rings. The fourth-order valence-corrected chi connectivity index (χ4v) is 11.5. The number of halogens is 3. The quantitative estimate of drug-likeness (QED) is 0.405. The third-order valence-corrected chi connectivity index (χ3v) is 12.4. The van der Waals surface area contributed by atoms with Gasteiger partial charge in [0.05, 0.1) is 5.52 Å². The minimum Gasteiger partial charge on any atom is -0.371 e. The van der Waals surface area contributed by atoms with E-state index in [1.807, 2.05) is 12.3 Å². The van der Waals surface area contributed by atoms with Gasteiger partial charge in [-0.15, -0.1) is 0 Å². The van der Waals surface area contributed by atoms with Gasteiger partial charge in [0, 0.05) is 9.86 Å². The molecule has 0 saturated carbocycles. The molecule has 0 atom stereocenters. The summed E-state index contributed by atoms with van der Waals surface area (Å²) in [4.78, 5) is 0. The Hall–Kier alpha value is -0.683. The lowest BCUT2D eigenvalue weighted by Gasteiger charge is -2.44. The largest absolute Gasteiger partial charge is 0.371 e. The zero-order valence-electron chi connectivity index (χ0n) is 14.0. The maximum atomic E-state index is 14.6. The van der Waals surface area contributed by atoms with Gasteiger partial charge in [0.25, 0.3) is 0 Å². The van der Waals surface area contributed by atoms with E-state index in [0.29, 0.717) is 26.6 Å². The van der Waals surface area contributed by atoms with Gasteiger partial charge in [-0.25, -0.2) is 8.78 Å². The maximum Gasteiger partial charge on any atom is 0.182 e. The van der Waals surface area contributed by atoms with Crippen molar-refractivity contribution in [3.63, 3.8) is 0 Å². The summed E-state index contributed by atoms with van der Waals surface area (Å²) in [5.41, 5.74) is 1.67. The summed E-state index contributed by atoms with van der Waals surface area (Å²) in [5.74, 6) is -1.53. The molecule has 0 aliphatic carbocycles. The lowest BCUT2D eigenvalue weighted by Crippen LogP contribution is -2.51. The average molecular weight is 388 g/mol. The molecule has 2 rings (SSSR count). The van der Waals surface area contributed by atoms with Gasteiger partial charge in [0.2, 0.25) is 0 Å². The number of hydrogen-bond acceptors (Lipinski definition) is 0. The van der Waals surface area contributed by atoms with Gasteiger partial charge in [-0.1, -0.05) is 41.5 Å². The van der Waals surface area contributed by atoms with Crippen LogP contribution in [0.4, 0.5) is 8.78 Å². The van der Waals surface area contributed by atoms with Crippen molar-refractivity contribution in [3.05, 3.63) is 34.4 Å². The Labute approximate surface area is 140 Å². The van der Waals surface area contributed by atoms with Crippen LogP contribution in [0.1, 0.15) is 41.5 Å². The standard InChI is InChI=1S/C17H24BrF2NSi/c1-10(2)22(11(3)4,12(5)6)21-8-7-13-14(18)9-15(19)16(20)17(13)21/h7-12H,1-6H3. The first-order valence-electron chi connectivity index (χ1n) is 7.80. The highest BCUT2D eigenvalue weighted by Crippen LogP contribution is 2.45. The van der Waals surface area contributed by atoms with Crippen LogP contribution >= 0.6 is 15.9 Å². The molecule has 0 fully saturated rings. The Kier molecular flexibility index (Phi) is 4.88. The predicted molar refractivity (Wildman–Crippen MR) is 96.0 cm³/mol. The van der Waals surface area contributed by atoms with Crippen molar-refractivity contribution in [2.24, 2.45) is 0 Å². The van der Waals surface area contributed by atoms with Gasteiger partial charge in [-0.2, -0.15) is 0 Å². The van der Waals surface area contributed by atoms with E-state index in [1.54, 1.807) is 0 Å². The van der Waals surface area contributed by atoms with Gasteiger partial charge >= 0.3 is 0 Å². The first kappa shape index (κ1) is 17.7. The Balaban J connectivity index is 2.93. The third kappa shape index (κ3) is 2.37. The molecule has 0 N–H and O–H groups in total. The van der Waals surface area contributed by atoms with Crippen molar-refractivity contribution in [1.82, 2.24) is 4.23 Å². The molecule has 0 spiro atoms. The molecule has 22 heavy (non-hydrogen) atoms. The predicted octanol–water partition coefficient (Wildman–Crippen LogP) is 6.71. The van der Waals surface area contributed by atoms with Crippen LogP contribution in [0.5, 0.6) is 0 Å². The number of rotatable bonds is 4. The second kappa shape index (κ2) is 6.08. The minimum absolute atomic E-state index is 0.412. The van der Waals surface area contributed by atoms with Crippen molar-refractivity contribution in [2.75, 3.05) is 0 Å². The van der Waals surface area contributed by atoms with Crippen molar-refractivity contribution in [3.8, 4) is 0 Å². The van der Waals surface area contributed by atoms with Crippen LogP contribution < -0.4 is 0 Å². The van der Waals surface area contributed by atoms with E-state index in [4.69, 9.17) is 0 Å². The molecule has 1 aromatic carbocycles. The van der Waals surface area contributed by atoms with E-state index in [1.165, 1.54) is 6.07 Å². The summed E-state index contributed by atoms with van der Waals surface area (Å²) < 4.78 is 31.3. The smallest absolute Gasteiger partial charge is 0.182 e. The number of benzene rings is 1. The molecule has 0 unspecified atom stereocenters. The average Bonchev–Trinajstić information content (AvgIpc) is 2.81. The summed E-state index contributed by atoms with van der Waals surface area (Å²) in [6, 6.07) is 3.11. The van der Waals surface area contributed by atoms with Crippen LogP contribution in [0.3, 0.4) is 0 Å². The fraction of sp³-hybridized carbons (Fsp3) is 0.529. The van der Waals surface area contributed by atoms with Crippen molar-refractivity contribution in [1.29, 1.82) is 0 Å². The van der Waals surface area contributed by atoms with Gasteiger partial charge in [0.15, 0.2) is 19.9 Å². The van der Waals surface area contributed by atoms with Crippen LogP contribution in [0.25, 0.3) is 10.9 Å². The third-order valence-electron chi connectivity index (χ3n) is 5.01. The zero-order chi connectivity index (χ0) is 16.8. The van der Waals surface area contributed by atoms with E-state index < -0.39 is 19.9 Å². The molecule has 0 aliphatic heterocycles. The van der Waals surface area contributed by atoms with E-state index >= 15 is 0 Å². The van der Waals surface area contributed by atoms with Crippen LogP contribution in [0.15, 0.2) is 22.8 Å². The molecule has 1 nitrogen and oxygen atoms in total. The Morgan fingerprint density at radius 2 is 1.50 bits per heavy atom. The summed E-state index contributed by atoms with van der Waals surface area (Å²) >= 11 is 3.37. The molecule has 122 valence electrons. The fourth-order valence-electron chi connectivity index (χ4n) is 4.37. The molecular weight excluding hydrogens is 364 g/mol. The maximum absolute atomic E-state index is 14.6. The number of aromatic nitrogens is 1. The van der Waals surface area contributed by atoms with E-state index in [2.05, 4.69) is 61.7 Å². The molecule has 0 aliphatic rings. The van der Waals surface area contributed by atoms with Gasteiger partial charge < -0.3 is 4.23 Å². The lowest BCUT2D eigenvalue weighted by molar-refractivity contribution is 0.514. The monoisotopic (exact) mass is 387 g/mol. The first-order chi connectivity index (χ1) is 10.2. The topological polar surface area (TPSA) is 4.93 Å². The highest BCUT2D eigenvalue weighted by molar-refractivity contribution is 9.10. The minimum atomic E-state index is -2.10. The van der Waals surface area contributed by atoms with Crippen LogP contribution in [-0.4, -0.2) is 12.5 Å². The second-order valence-electron chi connectivity index (χ2n) is 6.95. The van der Waals surface area contributed by atoms with Gasteiger partial charge in [0.1, 0.15) is 0 Å². The van der Waals surface area contributed by atoms with Crippen LogP contribution in [0.2, 0.25) is 16.6 Å². The van der Waals surface area contributed by atoms with Crippen LogP contribution in [-0.2, 0) is 0 Å². The van der Waals surface area contributed by atoms with Crippen molar-refractivity contribution >= 4 is 35.1 Å². The molecular formula is C17H24BrF2NSi. The van der Waals surface area contributed by atoms with E-state index in [0.717, 1.165) is 5.39 Å². The molecule has 1 aromatic heterocycles. The lowest BCUT2D eigenvalue weighted by atomic mass is 10.2. The Morgan fingerprint density at radius 3 is 1.95 bits per heavy atom. The Morgan fingerprint density at radius 1 is 1.00 bits per heavy atom. The SMILES string of the molecule is CC(C)[Si](C(C)C)(C(C)C)n1ccc2c(Br)cc(F)c(F)c21. The number of hydrogen-bond donors (Lipinski definition) is 0. The van der Waals surface area contributed by atoms with Crippen molar-refractivity contribution in [2.45, 2.75) is 58.2 Å². The summed E-state index contributed by atoms with van der Waals surface area (Å²) in [5, 5.41) is 0.748. The highest BCUT2D eigenvalue weighted by Gasteiger charge is 2.46.